The van der Waals surface area contributed by atoms with E-state index in [-0.39, 0.29) is 24.0 Å². The standard InChI is InChI=1S/C22H23N3O7/c26-16-9-5-4-8-14(16)25-15(20(29)23-12-6-2-1-3-7-12)11-24-10-13(22(31)32)18(27)19(28)17(24)21(25)30/h4-5,8-10,12,15,26,28H,1-3,6-7,11H2,(H,23,29)(H,31,32)/t15-/m1/s1. The number of phenols is 1. The number of para-hydroxylation sites is 2. The van der Waals surface area contributed by atoms with Crippen LogP contribution in [0.3, 0.4) is 0 Å². The summed E-state index contributed by atoms with van der Waals surface area (Å²) >= 11 is 0. The summed E-state index contributed by atoms with van der Waals surface area (Å²) in [6.07, 6.45) is 5.65. The van der Waals surface area contributed by atoms with Crippen LogP contribution in [0.5, 0.6) is 11.5 Å². The van der Waals surface area contributed by atoms with Crippen molar-refractivity contribution in [3.8, 4) is 11.5 Å². The van der Waals surface area contributed by atoms with Crippen LogP contribution in [0.2, 0.25) is 0 Å². The Bertz CT molecular complexity index is 1150. The molecular formula is C22H23N3O7. The van der Waals surface area contributed by atoms with E-state index >= 15 is 0 Å². The fourth-order valence-corrected chi connectivity index (χ4v) is 4.38. The summed E-state index contributed by atoms with van der Waals surface area (Å²) in [7, 11) is 0. The highest BCUT2D eigenvalue weighted by atomic mass is 16.4. The van der Waals surface area contributed by atoms with Crippen molar-refractivity contribution >= 4 is 23.5 Å². The lowest BCUT2D eigenvalue weighted by molar-refractivity contribution is -0.123. The Labute approximate surface area is 182 Å². The van der Waals surface area contributed by atoms with Gasteiger partial charge >= 0.3 is 5.97 Å². The molecule has 0 radical (unpaired) electrons. The first-order chi connectivity index (χ1) is 15.3. The summed E-state index contributed by atoms with van der Waals surface area (Å²) in [6.45, 7) is -0.206. The summed E-state index contributed by atoms with van der Waals surface area (Å²) in [5, 5.41) is 32.9. The molecule has 2 aromatic rings. The molecular weight excluding hydrogens is 418 g/mol. The Balaban J connectivity index is 1.81. The minimum Gasteiger partial charge on any atom is -0.506 e. The Kier molecular flexibility index (Phi) is 5.60. The predicted octanol–water partition coefficient (Wildman–Crippen LogP) is 1.44. The minimum absolute atomic E-state index is 0.0432. The molecule has 1 aromatic heterocycles. The van der Waals surface area contributed by atoms with Crippen LogP contribution in [0.25, 0.3) is 0 Å². The fraction of sp³-hybridized carbons (Fsp3) is 0.364. The van der Waals surface area contributed by atoms with Crippen molar-refractivity contribution in [2.75, 3.05) is 4.90 Å². The topological polar surface area (TPSA) is 149 Å². The lowest BCUT2D eigenvalue weighted by Gasteiger charge is -2.38. The number of amides is 2. The number of aromatic nitrogens is 1. The second-order valence-electron chi connectivity index (χ2n) is 8.05. The van der Waals surface area contributed by atoms with Crippen LogP contribution in [0.15, 0.2) is 35.3 Å². The van der Waals surface area contributed by atoms with Gasteiger partial charge in [0, 0.05) is 12.2 Å². The number of carboxylic acids is 1. The monoisotopic (exact) mass is 441 g/mol. The first kappa shape index (κ1) is 21.4. The molecule has 1 fully saturated rings. The van der Waals surface area contributed by atoms with Crippen LogP contribution < -0.4 is 15.6 Å². The van der Waals surface area contributed by atoms with E-state index in [0.29, 0.717) is 0 Å². The molecule has 2 amide bonds. The molecule has 0 unspecified atom stereocenters. The molecule has 2 aliphatic rings. The van der Waals surface area contributed by atoms with Crippen molar-refractivity contribution < 1.29 is 29.7 Å². The fourth-order valence-electron chi connectivity index (χ4n) is 4.38. The number of nitrogens with one attached hydrogen (secondary N) is 1. The van der Waals surface area contributed by atoms with E-state index in [1.165, 1.54) is 12.1 Å². The summed E-state index contributed by atoms with van der Waals surface area (Å²) in [5.41, 5.74) is -2.30. The van der Waals surface area contributed by atoms with Gasteiger partial charge in [0.1, 0.15) is 17.4 Å². The van der Waals surface area contributed by atoms with E-state index < -0.39 is 46.3 Å². The number of nitrogens with zero attached hydrogens (tertiary/aromatic N) is 2. The van der Waals surface area contributed by atoms with Crippen LogP contribution in [-0.4, -0.2) is 49.8 Å². The zero-order valence-electron chi connectivity index (χ0n) is 17.2. The number of fused-ring (bicyclic) bond motifs is 1. The molecule has 1 aliphatic heterocycles. The van der Waals surface area contributed by atoms with Crippen molar-refractivity contribution in [2.45, 2.75) is 50.7 Å². The number of hydrogen-bond acceptors (Lipinski definition) is 6. The number of hydrogen-bond donors (Lipinski definition) is 4. The van der Waals surface area contributed by atoms with E-state index in [1.54, 1.807) is 12.1 Å². The number of pyridine rings is 1. The third-order valence-corrected chi connectivity index (χ3v) is 5.98. The maximum absolute atomic E-state index is 13.4. The van der Waals surface area contributed by atoms with Crippen LogP contribution in [0.1, 0.15) is 53.0 Å². The summed E-state index contributed by atoms with van der Waals surface area (Å²) in [4.78, 5) is 51.4. The predicted molar refractivity (Wildman–Crippen MR) is 113 cm³/mol. The molecule has 32 heavy (non-hydrogen) atoms. The lowest BCUT2D eigenvalue weighted by atomic mass is 9.95. The van der Waals surface area contributed by atoms with E-state index in [9.17, 15) is 34.5 Å². The SMILES string of the molecule is O=C(O)c1cn2c(c(O)c1=O)C(=O)N(c1ccccc1O)[C@@H](C(=O)NC1CCCCC1)C2. The van der Waals surface area contributed by atoms with E-state index in [1.807, 2.05) is 0 Å². The molecule has 10 nitrogen and oxygen atoms in total. The zero-order chi connectivity index (χ0) is 23.0. The van der Waals surface area contributed by atoms with Crippen LogP contribution in [-0.2, 0) is 11.3 Å². The Hall–Kier alpha value is -3.82. The molecule has 4 rings (SSSR count). The molecule has 0 spiro atoms. The van der Waals surface area contributed by atoms with Crippen molar-refractivity contribution in [1.82, 2.24) is 9.88 Å². The second kappa shape index (κ2) is 8.37. The van der Waals surface area contributed by atoms with Gasteiger partial charge in [-0.2, -0.15) is 0 Å². The number of aromatic carboxylic acids is 1. The highest BCUT2D eigenvalue weighted by molar-refractivity contribution is 6.12. The first-order valence-electron chi connectivity index (χ1n) is 10.4. The highest BCUT2D eigenvalue weighted by Gasteiger charge is 2.41. The van der Waals surface area contributed by atoms with Gasteiger partial charge < -0.3 is 25.2 Å². The van der Waals surface area contributed by atoms with Crippen molar-refractivity contribution in [1.29, 1.82) is 0 Å². The molecule has 1 aliphatic carbocycles. The van der Waals surface area contributed by atoms with E-state index in [0.717, 1.165) is 47.8 Å². The first-order valence-corrected chi connectivity index (χ1v) is 10.4. The number of anilines is 1. The van der Waals surface area contributed by atoms with E-state index in [2.05, 4.69) is 5.32 Å². The number of carbonyl (C=O) groups is 3. The van der Waals surface area contributed by atoms with Gasteiger partial charge in [-0.1, -0.05) is 31.4 Å². The molecule has 10 heteroatoms. The van der Waals surface area contributed by atoms with Crippen LogP contribution in [0.4, 0.5) is 5.69 Å². The summed E-state index contributed by atoms with van der Waals surface area (Å²) in [5.74, 6) is -4.18. The van der Waals surface area contributed by atoms with Crippen molar-refractivity contribution in [3.63, 3.8) is 0 Å². The quantitative estimate of drug-likeness (QED) is 0.561. The molecule has 0 bridgehead atoms. The van der Waals surface area contributed by atoms with Crippen LogP contribution in [0, 0.1) is 0 Å². The van der Waals surface area contributed by atoms with Gasteiger partial charge in [-0.25, -0.2) is 4.79 Å². The zero-order valence-corrected chi connectivity index (χ0v) is 17.2. The Morgan fingerprint density at radius 1 is 1.03 bits per heavy atom. The van der Waals surface area contributed by atoms with Gasteiger partial charge in [-0.3, -0.25) is 19.3 Å². The largest absolute Gasteiger partial charge is 0.506 e. The highest BCUT2D eigenvalue weighted by Crippen LogP contribution is 2.34. The second-order valence-corrected chi connectivity index (χ2v) is 8.05. The molecule has 0 saturated heterocycles. The molecule has 168 valence electrons. The third-order valence-electron chi connectivity index (χ3n) is 5.98. The molecule has 1 atom stereocenters. The van der Waals surface area contributed by atoms with Gasteiger partial charge in [-0.15, -0.1) is 0 Å². The number of carbonyl (C=O) groups excluding carboxylic acids is 2. The third kappa shape index (κ3) is 3.68. The number of carboxylic acid groups (broad SMARTS) is 1. The number of benzene rings is 1. The Morgan fingerprint density at radius 3 is 2.38 bits per heavy atom. The van der Waals surface area contributed by atoms with Crippen molar-refractivity contribution in [3.05, 3.63) is 51.9 Å². The minimum atomic E-state index is -1.56. The van der Waals surface area contributed by atoms with Crippen LogP contribution >= 0.6 is 0 Å². The van der Waals surface area contributed by atoms with Gasteiger partial charge in [0.15, 0.2) is 11.4 Å². The van der Waals surface area contributed by atoms with Crippen molar-refractivity contribution in [2.24, 2.45) is 0 Å². The van der Waals surface area contributed by atoms with Gasteiger partial charge in [0.05, 0.1) is 12.2 Å². The summed E-state index contributed by atoms with van der Waals surface area (Å²) in [6, 6.07) is 4.76. The molecule has 4 N–H and O–H groups in total. The average molecular weight is 441 g/mol. The maximum atomic E-state index is 13.4. The molecule has 1 aromatic carbocycles. The Morgan fingerprint density at radius 2 is 1.72 bits per heavy atom. The molecule has 1 saturated carbocycles. The number of rotatable bonds is 4. The van der Waals surface area contributed by atoms with Gasteiger partial charge in [0.25, 0.3) is 5.91 Å². The molecule has 2 heterocycles. The van der Waals surface area contributed by atoms with E-state index in [4.69, 9.17) is 0 Å². The lowest BCUT2D eigenvalue weighted by Crippen LogP contribution is -2.57. The normalized spacial score (nSPS) is 18.8. The number of phenolic OH excluding ortho intramolecular Hbond substituents is 1. The average Bonchev–Trinajstić information content (AvgIpc) is 2.77. The van der Waals surface area contributed by atoms with Gasteiger partial charge in [0.2, 0.25) is 11.3 Å². The smallest absolute Gasteiger partial charge is 0.341 e. The number of aromatic hydroxyl groups is 2. The summed E-state index contributed by atoms with van der Waals surface area (Å²) < 4.78 is 1.12. The maximum Gasteiger partial charge on any atom is 0.341 e. The van der Waals surface area contributed by atoms with Gasteiger partial charge in [-0.05, 0) is 25.0 Å².